The van der Waals surface area contributed by atoms with E-state index in [9.17, 15) is 9.59 Å². The maximum absolute atomic E-state index is 12.5. The fraction of sp³-hybridized carbons (Fsp3) is 0.684. The second kappa shape index (κ2) is 8.98. The van der Waals surface area contributed by atoms with Crippen molar-refractivity contribution < 1.29 is 19.1 Å². The average Bonchev–Trinajstić information content (AvgIpc) is 2.59. The van der Waals surface area contributed by atoms with E-state index in [4.69, 9.17) is 9.47 Å². The lowest BCUT2D eigenvalue weighted by atomic mass is 10.1. The molecule has 0 bridgehead atoms. The molecule has 0 unspecified atom stereocenters. The minimum atomic E-state index is -0.536. The van der Waals surface area contributed by atoms with E-state index in [2.05, 4.69) is 9.97 Å². The van der Waals surface area contributed by atoms with Crippen LogP contribution < -0.4 is 4.90 Å². The lowest BCUT2D eigenvalue weighted by Crippen LogP contribution is -2.55. The lowest BCUT2D eigenvalue weighted by Gasteiger charge is -2.41. The molecule has 1 fully saturated rings. The number of ether oxygens (including phenoxy) is 2. The van der Waals surface area contributed by atoms with E-state index in [0.717, 1.165) is 0 Å². The smallest absolute Gasteiger partial charge is 0.410 e. The number of rotatable bonds is 4. The van der Waals surface area contributed by atoms with Crippen molar-refractivity contribution in [2.75, 3.05) is 37.4 Å². The van der Waals surface area contributed by atoms with Crippen LogP contribution in [0.4, 0.5) is 10.6 Å². The van der Waals surface area contributed by atoms with Crippen LogP contribution in [0.15, 0.2) is 5.16 Å². The Kier molecular flexibility index (Phi) is 7.14. The molecule has 156 valence electrons. The van der Waals surface area contributed by atoms with Gasteiger partial charge in [0.1, 0.15) is 17.0 Å². The van der Waals surface area contributed by atoms with Crippen molar-refractivity contribution >= 4 is 29.6 Å². The van der Waals surface area contributed by atoms with E-state index in [1.54, 1.807) is 18.7 Å². The van der Waals surface area contributed by atoms with E-state index >= 15 is 0 Å². The first kappa shape index (κ1) is 22.3. The summed E-state index contributed by atoms with van der Waals surface area (Å²) < 4.78 is 10.7. The number of aromatic nitrogens is 2. The van der Waals surface area contributed by atoms with E-state index in [-0.39, 0.29) is 18.7 Å². The van der Waals surface area contributed by atoms with E-state index in [0.29, 0.717) is 41.9 Å². The average molecular weight is 411 g/mol. The maximum atomic E-state index is 12.5. The SMILES string of the molecule is CCOC(=O)c1c(C)nc(SC)nc1N1CCN(C(=O)OC(C)(C)C)C[C@@H]1C. The molecule has 1 aliphatic rings. The minimum absolute atomic E-state index is 0.0431. The highest BCUT2D eigenvalue weighted by Crippen LogP contribution is 2.28. The summed E-state index contributed by atoms with van der Waals surface area (Å²) in [5.74, 6) is 0.135. The molecule has 2 rings (SSSR count). The molecule has 0 aliphatic carbocycles. The van der Waals surface area contributed by atoms with Crippen molar-refractivity contribution in [1.82, 2.24) is 14.9 Å². The zero-order valence-corrected chi connectivity index (χ0v) is 18.6. The Labute approximate surface area is 171 Å². The van der Waals surface area contributed by atoms with Gasteiger partial charge in [-0.25, -0.2) is 19.6 Å². The molecule has 28 heavy (non-hydrogen) atoms. The number of nitrogens with zero attached hydrogens (tertiary/aromatic N) is 4. The number of aryl methyl sites for hydroxylation is 1. The van der Waals surface area contributed by atoms with Crippen LogP contribution in [0.5, 0.6) is 0 Å². The molecule has 1 amide bonds. The molecular formula is C19H30N4O4S. The molecule has 0 spiro atoms. The molecule has 1 saturated heterocycles. The Morgan fingerprint density at radius 3 is 2.46 bits per heavy atom. The quantitative estimate of drug-likeness (QED) is 0.425. The number of hydrogen-bond donors (Lipinski definition) is 0. The second-order valence-electron chi connectivity index (χ2n) is 7.68. The normalized spacial score (nSPS) is 17.5. The number of esters is 1. The predicted molar refractivity (Wildman–Crippen MR) is 109 cm³/mol. The van der Waals surface area contributed by atoms with Crippen molar-refractivity contribution in [2.24, 2.45) is 0 Å². The zero-order chi connectivity index (χ0) is 21.1. The molecule has 1 aromatic heterocycles. The second-order valence-corrected chi connectivity index (χ2v) is 8.46. The van der Waals surface area contributed by atoms with Gasteiger partial charge in [0.05, 0.1) is 12.3 Å². The molecular weight excluding hydrogens is 380 g/mol. The van der Waals surface area contributed by atoms with Gasteiger partial charge in [0, 0.05) is 25.7 Å². The number of anilines is 1. The Bertz CT molecular complexity index is 735. The van der Waals surface area contributed by atoms with Gasteiger partial charge in [-0.2, -0.15) is 0 Å². The maximum Gasteiger partial charge on any atom is 0.410 e. The molecule has 0 radical (unpaired) electrons. The van der Waals surface area contributed by atoms with Gasteiger partial charge in [0.15, 0.2) is 5.16 Å². The van der Waals surface area contributed by atoms with Crippen LogP contribution in [0, 0.1) is 6.92 Å². The van der Waals surface area contributed by atoms with E-state index < -0.39 is 11.6 Å². The van der Waals surface area contributed by atoms with Crippen molar-refractivity contribution in [3.63, 3.8) is 0 Å². The van der Waals surface area contributed by atoms with Crippen LogP contribution in [0.25, 0.3) is 0 Å². The molecule has 0 aromatic carbocycles. The van der Waals surface area contributed by atoms with Gasteiger partial charge < -0.3 is 19.3 Å². The summed E-state index contributed by atoms with van der Waals surface area (Å²) in [4.78, 5) is 37.7. The van der Waals surface area contributed by atoms with Crippen molar-refractivity contribution in [2.45, 2.75) is 58.3 Å². The summed E-state index contributed by atoms with van der Waals surface area (Å²) >= 11 is 1.42. The molecule has 1 atom stereocenters. The molecule has 2 heterocycles. The van der Waals surface area contributed by atoms with Crippen molar-refractivity contribution in [3.05, 3.63) is 11.3 Å². The minimum Gasteiger partial charge on any atom is -0.462 e. The highest BCUT2D eigenvalue weighted by molar-refractivity contribution is 7.98. The number of thioether (sulfide) groups is 1. The van der Waals surface area contributed by atoms with E-state index in [1.165, 1.54) is 11.8 Å². The van der Waals surface area contributed by atoms with Crippen LogP contribution in [-0.2, 0) is 9.47 Å². The molecule has 1 aliphatic heterocycles. The van der Waals surface area contributed by atoms with Gasteiger partial charge >= 0.3 is 12.1 Å². The lowest BCUT2D eigenvalue weighted by molar-refractivity contribution is 0.0217. The fourth-order valence-corrected chi connectivity index (χ4v) is 3.44. The van der Waals surface area contributed by atoms with Gasteiger partial charge in [0.25, 0.3) is 0 Å². The first-order valence-electron chi connectivity index (χ1n) is 9.41. The first-order chi connectivity index (χ1) is 13.1. The van der Waals surface area contributed by atoms with Crippen molar-refractivity contribution in [3.8, 4) is 0 Å². The predicted octanol–water partition coefficient (Wildman–Crippen LogP) is 3.13. The Morgan fingerprint density at radius 1 is 1.25 bits per heavy atom. The standard InChI is InChI=1S/C19H30N4O4S/c1-8-26-16(24)14-13(3)20-17(28-7)21-15(14)23-10-9-22(11-12(23)2)18(25)27-19(4,5)6/h12H,8-11H2,1-7H3/t12-/m0/s1. The monoisotopic (exact) mass is 410 g/mol. The highest BCUT2D eigenvalue weighted by atomic mass is 32.2. The summed E-state index contributed by atoms with van der Waals surface area (Å²) in [5, 5.41) is 0.599. The molecule has 0 saturated carbocycles. The van der Waals surface area contributed by atoms with E-state index in [1.807, 2.05) is 38.9 Å². The third-order valence-electron chi connectivity index (χ3n) is 4.26. The summed E-state index contributed by atoms with van der Waals surface area (Å²) in [6.45, 7) is 12.9. The first-order valence-corrected chi connectivity index (χ1v) is 10.6. The van der Waals surface area contributed by atoms with Gasteiger partial charge in [-0.3, -0.25) is 0 Å². The van der Waals surface area contributed by atoms with Gasteiger partial charge in [0.2, 0.25) is 0 Å². The van der Waals surface area contributed by atoms with Gasteiger partial charge in [-0.1, -0.05) is 11.8 Å². The Morgan fingerprint density at radius 2 is 1.93 bits per heavy atom. The fourth-order valence-electron chi connectivity index (χ4n) is 3.04. The third-order valence-corrected chi connectivity index (χ3v) is 4.81. The van der Waals surface area contributed by atoms with Crippen LogP contribution in [0.1, 0.15) is 50.7 Å². The van der Waals surface area contributed by atoms with Gasteiger partial charge in [-0.15, -0.1) is 0 Å². The Balaban J connectivity index is 2.29. The zero-order valence-electron chi connectivity index (χ0n) is 17.7. The number of amides is 1. The van der Waals surface area contributed by atoms with Crippen LogP contribution >= 0.6 is 11.8 Å². The Hall–Kier alpha value is -2.03. The van der Waals surface area contributed by atoms with Crippen LogP contribution in [0.3, 0.4) is 0 Å². The topological polar surface area (TPSA) is 84.9 Å². The molecule has 9 heteroatoms. The largest absolute Gasteiger partial charge is 0.462 e. The summed E-state index contributed by atoms with van der Waals surface area (Å²) in [6, 6.07) is -0.0431. The third kappa shape index (κ3) is 5.27. The number of carbonyl (C=O) groups excluding carboxylic acids is 2. The molecule has 1 aromatic rings. The molecule has 8 nitrogen and oxygen atoms in total. The number of carbonyl (C=O) groups is 2. The number of piperazine rings is 1. The summed E-state index contributed by atoms with van der Waals surface area (Å²) in [6.07, 6.45) is 1.57. The van der Waals surface area contributed by atoms with Crippen molar-refractivity contribution in [1.29, 1.82) is 0 Å². The molecule has 0 N–H and O–H groups in total. The van der Waals surface area contributed by atoms with Crippen LogP contribution in [0.2, 0.25) is 0 Å². The summed E-state index contributed by atoms with van der Waals surface area (Å²) in [7, 11) is 0. The highest BCUT2D eigenvalue weighted by Gasteiger charge is 2.33. The van der Waals surface area contributed by atoms with Crippen LogP contribution in [-0.4, -0.2) is 71.1 Å². The number of hydrogen-bond acceptors (Lipinski definition) is 8. The van der Waals surface area contributed by atoms with Gasteiger partial charge in [-0.05, 0) is 47.8 Å². The summed E-state index contributed by atoms with van der Waals surface area (Å²) in [5.41, 5.74) is 0.442.